The van der Waals surface area contributed by atoms with E-state index in [9.17, 15) is 4.79 Å². The minimum atomic E-state index is 0.0891. The third-order valence-corrected chi connectivity index (χ3v) is 4.81. The smallest absolute Gasteiger partial charge is 0.266 e. The number of methoxy groups -OCH3 is 1. The number of carbonyl (C=O) groups is 1. The maximum Gasteiger partial charge on any atom is 0.266 e. The SMILES string of the molecule is COC1C[C@H]2CC[C@@H](C1)N2C(=O)c1cnc(N)s1. The zero-order valence-corrected chi connectivity index (χ0v) is 11.2. The first-order valence-electron chi connectivity index (χ1n) is 6.25. The summed E-state index contributed by atoms with van der Waals surface area (Å²) in [4.78, 5) is 19.1. The molecule has 2 aliphatic heterocycles. The summed E-state index contributed by atoms with van der Waals surface area (Å²) in [6.07, 6.45) is 5.97. The number of rotatable bonds is 2. The second kappa shape index (κ2) is 4.51. The molecule has 98 valence electrons. The molecule has 2 bridgehead atoms. The van der Waals surface area contributed by atoms with Crippen LogP contribution in [0.1, 0.15) is 35.4 Å². The minimum absolute atomic E-state index is 0.0891. The van der Waals surface area contributed by atoms with Gasteiger partial charge in [-0.25, -0.2) is 4.98 Å². The lowest BCUT2D eigenvalue weighted by Crippen LogP contribution is -2.48. The summed E-state index contributed by atoms with van der Waals surface area (Å²) in [5, 5.41) is 0.456. The topological polar surface area (TPSA) is 68.5 Å². The second-order valence-corrected chi connectivity index (χ2v) is 6.05. The van der Waals surface area contributed by atoms with Gasteiger partial charge in [-0.05, 0) is 25.7 Å². The molecule has 0 radical (unpaired) electrons. The number of piperidine rings is 1. The van der Waals surface area contributed by atoms with E-state index in [1.165, 1.54) is 11.3 Å². The quantitative estimate of drug-likeness (QED) is 0.882. The van der Waals surface area contributed by atoms with Crippen LogP contribution in [0, 0.1) is 0 Å². The molecule has 2 saturated heterocycles. The standard InChI is InChI=1S/C12H17N3O2S/c1-17-9-4-7-2-3-8(5-9)15(7)11(16)10-6-14-12(13)18-10/h6-9H,2-5H2,1H3,(H2,13,14)/t7-,8+,9?. The monoisotopic (exact) mass is 267 g/mol. The molecule has 3 heterocycles. The second-order valence-electron chi connectivity index (χ2n) is 4.99. The van der Waals surface area contributed by atoms with E-state index in [-0.39, 0.29) is 5.91 Å². The van der Waals surface area contributed by atoms with E-state index in [0.717, 1.165) is 25.7 Å². The molecule has 3 atom stereocenters. The molecule has 2 fully saturated rings. The summed E-state index contributed by atoms with van der Waals surface area (Å²) < 4.78 is 5.44. The first-order valence-corrected chi connectivity index (χ1v) is 7.07. The molecule has 1 aromatic rings. The maximum atomic E-state index is 12.5. The summed E-state index contributed by atoms with van der Waals surface area (Å²) in [6, 6.07) is 0.647. The fourth-order valence-corrected chi connectivity index (χ4v) is 3.79. The lowest BCUT2D eigenvalue weighted by atomic mass is 9.99. The Balaban J connectivity index is 1.80. The van der Waals surface area contributed by atoms with Gasteiger partial charge in [-0.1, -0.05) is 11.3 Å². The van der Waals surface area contributed by atoms with Gasteiger partial charge in [0.05, 0.1) is 12.3 Å². The molecule has 0 aromatic carbocycles. The van der Waals surface area contributed by atoms with Crippen molar-refractivity contribution in [2.75, 3.05) is 12.8 Å². The van der Waals surface area contributed by atoms with Gasteiger partial charge in [0.1, 0.15) is 4.88 Å². The van der Waals surface area contributed by atoms with Crippen LogP contribution in [0.3, 0.4) is 0 Å². The van der Waals surface area contributed by atoms with Gasteiger partial charge in [-0.15, -0.1) is 0 Å². The number of nitrogen functional groups attached to an aromatic ring is 1. The molecule has 0 spiro atoms. The van der Waals surface area contributed by atoms with Crippen molar-refractivity contribution in [3.05, 3.63) is 11.1 Å². The van der Waals surface area contributed by atoms with Crippen LogP contribution in [-0.2, 0) is 4.74 Å². The van der Waals surface area contributed by atoms with E-state index in [4.69, 9.17) is 10.5 Å². The number of nitrogens with zero attached hydrogens (tertiary/aromatic N) is 2. The van der Waals surface area contributed by atoms with Crippen molar-refractivity contribution in [1.82, 2.24) is 9.88 Å². The highest BCUT2D eigenvalue weighted by Gasteiger charge is 2.43. The van der Waals surface area contributed by atoms with Gasteiger partial charge >= 0.3 is 0 Å². The third-order valence-electron chi connectivity index (χ3n) is 3.99. The largest absolute Gasteiger partial charge is 0.381 e. The highest BCUT2D eigenvalue weighted by molar-refractivity contribution is 7.17. The van der Waals surface area contributed by atoms with E-state index in [1.807, 2.05) is 4.90 Å². The van der Waals surface area contributed by atoms with Crippen LogP contribution >= 0.6 is 11.3 Å². The van der Waals surface area contributed by atoms with Crippen molar-refractivity contribution >= 4 is 22.4 Å². The van der Waals surface area contributed by atoms with Gasteiger partial charge in [-0.2, -0.15) is 0 Å². The number of carbonyl (C=O) groups excluding carboxylic acids is 1. The molecule has 18 heavy (non-hydrogen) atoms. The summed E-state index contributed by atoms with van der Waals surface area (Å²) in [5.41, 5.74) is 5.59. The Morgan fingerprint density at radius 2 is 2.17 bits per heavy atom. The molecule has 1 amide bonds. The van der Waals surface area contributed by atoms with Gasteiger partial charge in [-0.3, -0.25) is 4.79 Å². The lowest BCUT2D eigenvalue weighted by molar-refractivity contribution is 0.00845. The van der Waals surface area contributed by atoms with Crippen molar-refractivity contribution in [1.29, 1.82) is 0 Å². The number of anilines is 1. The Kier molecular flexibility index (Phi) is 2.99. The van der Waals surface area contributed by atoms with Crippen LogP contribution in [-0.4, -0.2) is 41.1 Å². The molecular weight excluding hydrogens is 250 g/mol. The van der Waals surface area contributed by atoms with E-state index >= 15 is 0 Å². The lowest BCUT2D eigenvalue weighted by Gasteiger charge is -2.38. The molecule has 0 aliphatic carbocycles. The van der Waals surface area contributed by atoms with Gasteiger partial charge in [0.25, 0.3) is 5.91 Å². The number of ether oxygens (including phenoxy) is 1. The fourth-order valence-electron chi connectivity index (χ4n) is 3.16. The first kappa shape index (κ1) is 11.9. The summed E-state index contributed by atoms with van der Waals surface area (Å²) >= 11 is 1.27. The van der Waals surface area contributed by atoms with Crippen molar-refractivity contribution < 1.29 is 9.53 Å². The van der Waals surface area contributed by atoms with Crippen LogP contribution in [0.15, 0.2) is 6.20 Å². The van der Waals surface area contributed by atoms with Crippen LogP contribution in [0.2, 0.25) is 0 Å². The van der Waals surface area contributed by atoms with Crippen LogP contribution in [0.5, 0.6) is 0 Å². The van der Waals surface area contributed by atoms with E-state index in [1.54, 1.807) is 13.3 Å². The number of fused-ring (bicyclic) bond motifs is 2. The molecule has 3 rings (SSSR count). The van der Waals surface area contributed by atoms with Crippen LogP contribution in [0.4, 0.5) is 5.13 Å². The van der Waals surface area contributed by atoms with Gasteiger partial charge < -0.3 is 15.4 Å². The summed E-state index contributed by atoms with van der Waals surface area (Å²) in [6.45, 7) is 0. The Labute approximate surface area is 110 Å². The maximum absolute atomic E-state index is 12.5. The molecule has 1 aromatic heterocycles. The Bertz CT molecular complexity index is 448. The molecule has 2 N–H and O–H groups in total. The van der Waals surface area contributed by atoms with Crippen molar-refractivity contribution in [3.8, 4) is 0 Å². The highest BCUT2D eigenvalue weighted by Crippen LogP contribution is 2.38. The number of amides is 1. The van der Waals surface area contributed by atoms with Gasteiger partial charge in [0.2, 0.25) is 0 Å². The van der Waals surface area contributed by atoms with Crippen molar-refractivity contribution in [2.45, 2.75) is 43.9 Å². The van der Waals surface area contributed by atoms with Gasteiger partial charge in [0.15, 0.2) is 5.13 Å². The van der Waals surface area contributed by atoms with Gasteiger partial charge in [0, 0.05) is 19.2 Å². The zero-order valence-electron chi connectivity index (χ0n) is 10.3. The molecule has 1 unspecified atom stereocenters. The third kappa shape index (κ3) is 1.89. The molecule has 5 nitrogen and oxygen atoms in total. The number of aromatic nitrogens is 1. The van der Waals surface area contributed by atoms with Crippen LogP contribution < -0.4 is 5.73 Å². The average Bonchev–Trinajstić information content (AvgIpc) is 2.90. The number of hydrogen-bond acceptors (Lipinski definition) is 5. The van der Waals surface area contributed by atoms with E-state index in [0.29, 0.717) is 28.2 Å². The molecule has 0 saturated carbocycles. The number of nitrogens with two attached hydrogens (primary N) is 1. The number of thiazole rings is 1. The Hall–Kier alpha value is -1.14. The Morgan fingerprint density at radius 3 is 2.67 bits per heavy atom. The normalized spacial score (nSPS) is 30.7. The molecule has 2 aliphatic rings. The average molecular weight is 267 g/mol. The molecular formula is C12H17N3O2S. The number of hydrogen-bond donors (Lipinski definition) is 1. The van der Waals surface area contributed by atoms with Crippen molar-refractivity contribution in [2.24, 2.45) is 0 Å². The predicted molar refractivity (Wildman–Crippen MR) is 69.5 cm³/mol. The van der Waals surface area contributed by atoms with E-state index in [2.05, 4.69) is 4.98 Å². The summed E-state index contributed by atoms with van der Waals surface area (Å²) in [7, 11) is 1.76. The Morgan fingerprint density at radius 1 is 1.50 bits per heavy atom. The van der Waals surface area contributed by atoms with E-state index < -0.39 is 0 Å². The highest BCUT2D eigenvalue weighted by atomic mass is 32.1. The van der Waals surface area contributed by atoms with Crippen molar-refractivity contribution in [3.63, 3.8) is 0 Å². The van der Waals surface area contributed by atoms with Crippen LogP contribution in [0.25, 0.3) is 0 Å². The first-order chi connectivity index (χ1) is 8.69. The fraction of sp³-hybridized carbons (Fsp3) is 0.667. The zero-order chi connectivity index (χ0) is 12.7. The minimum Gasteiger partial charge on any atom is -0.381 e. The molecule has 6 heteroatoms. The summed E-state index contributed by atoms with van der Waals surface area (Å²) in [5.74, 6) is 0.0891. The predicted octanol–water partition coefficient (Wildman–Crippen LogP) is 1.51.